The minimum absolute atomic E-state index is 0.0974. The Morgan fingerprint density at radius 1 is 0.833 bits per heavy atom. The van der Waals surface area contributed by atoms with Crippen molar-refractivity contribution in [2.45, 2.75) is 0 Å². The molecule has 0 aliphatic carbocycles. The Morgan fingerprint density at radius 2 is 1.38 bits per heavy atom. The first kappa shape index (κ1) is 16.6. The Hall–Kier alpha value is -2.25. The average Bonchev–Trinajstić information content (AvgIpc) is 2.55. The van der Waals surface area contributed by atoms with Gasteiger partial charge < -0.3 is 0 Å². The highest BCUT2D eigenvalue weighted by molar-refractivity contribution is 9.10. The summed E-state index contributed by atoms with van der Waals surface area (Å²) in [5.74, 6) is -1.37. The van der Waals surface area contributed by atoms with Gasteiger partial charge >= 0.3 is 6.03 Å². The van der Waals surface area contributed by atoms with Gasteiger partial charge in [-0.15, -0.1) is 0 Å². The van der Waals surface area contributed by atoms with Gasteiger partial charge in [-0.05, 0) is 48.0 Å². The summed E-state index contributed by atoms with van der Waals surface area (Å²) in [5, 5.41) is 2.19. The molecule has 24 heavy (non-hydrogen) atoms. The number of urea groups is 1. The third-order valence-corrected chi connectivity index (χ3v) is 4.42. The first-order chi connectivity index (χ1) is 11.5. The van der Waals surface area contributed by atoms with Crippen LogP contribution in [0.25, 0.3) is 6.08 Å². The third kappa shape index (κ3) is 3.32. The van der Waals surface area contributed by atoms with Crippen molar-refractivity contribution in [3.63, 3.8) is 0 Å². The molecule has 1 aliphatic heterocycles. The molecule has 1 fully saturated rings. The number of halogens is 2. The molecule has 0 unspecified atom stereocenters. The van der Waals surface area contributed by atoms with Crippen molar-refractivity contribution in [2.24, 2.45) is 0 Å². The van der Waals surface area contributed by atoms with Crippen molar-refractivity contribution in [1.82, 2.24) is 5.32 Å². The Morgan fingerprint density at radius 3 is 1.96 bits per heavy atom. The van der Waals surface area contributed by atoms with E-state index in [1.54, 1.807) is 48.5 Å². The van der Waals surface area contributed by atoms with Gasteiger partial charge in [-0.25, -0.2) is 9.69 Å². The number of carbonyl (C=O) groups excluding carboxylic acids is 3. The third-order valence-electron chi connectivity index (χ3n) is 3.37. The van der Waals surface area contributed by atoms with Crippen molar-refractivity contribution < 1.29 is 14.4 Å². The molecule has 7 heteroatoms. The predicted octanol–water partition coefficient (Wildman–Crippen LogP) is 3.88. The van der Waals surface area contributed by atoms with Crippen molar-refractivity contribution in [1.29, 1.82) is 0 Å². The minimum atomic E-state index is -0.764. The molecule has 4 amide bonds. The second kappa shape index (κ2) is 6.70. The lowest BCUT2D eigenvalue weighted by atomic mass is 10.1. The summed E-state index contributed by atoms with van der Waals surface area (Å²) in [6.45, 7) is 0. The monoisotopic (exact) mass is 448 g/mol. The van der Waals surface area contributed by atoms with E-state index in [2.05, 4.69) is 37.2 Å². The van der Waals surface area contributed by atoms with Crippen LogP contribution in [0.5, 0.6) is 0 Å². The molecule has 0 aromatic heterocycles. The number of nitrogens with one attached hydrogen (secondary N) is 1. The van der Waals surface area contributed by atoms with E-state index in [4.69, 9.17) is 0 Å². The standard InChI is InChI=1S/C17H10Br2N2O3/c18-11-3-1-10(2-4-11)9-14-15(22)20-17(24)21(16(14)23)13-7-5-12(19)6-8-13/h1-9H,(H,20,22,24). The molecule has 5 nitrogen and oxygen atoms in total. The second-order valence-corrected chi connectivity index (χ2v) is 6.82. The Bertz CT molecular complexity index is 858. The molecule has 1 saturated heterocycles. The maximum atomic E-state index is 12.7. The molecule has 2 aromatic rings. The van der Waals surface area contributed by atoms with E-state index in [-0.39, 0.29) is 5.57 Å². The van der Waals surface area contributed by atoms with Gasteiger partial charge in [0, 0.05) is 8.95 Å². The molecule has 1 heterocycles. The van der Waals surface area contributed by atoms with Crippen molar-refractivity contribution in [3.05, 3.63) is 68.6 Å². The number of carbonyl (C=O) groups is 3. The summed E-state index contributed by atoms with van der Waals surface area (Å²) >= 11 is 6.62. The molecule has 0 radical (unpaired) electrons. The predicted molar refractivity (Wildman–Crippen MR) is 97.3 cm³/mol. The number of hydrogen-bond donors (Lipinski definition) is 1. The Labute approximate surface area is 154 Å². The maximum Gasteiger partial charge on any atom is 0.335 e. The first-order valence-electron chi connectivity index (χ1n) is 6.88. The van der Waals surface area contributed by atoms with E-state index in [0.717, 1.165) is 13.8 Å². The van der Waals surface area contributed by atoms with Crippen LogP contribution < -0.4 is 10.2 Å². The van der Waals surface area contributed by atoms with Gasteiger partial charge in [-0.2, -0.15) is 0 Å². The zero-order valence-corrected chi connectivity index (χ0v) is 15.3. The molecule has 0 atom stereocenters. The number of nitrogens with zero attached hydrogens (tertiary/aromatic N) is 1. The van der Waals surface area contributed by atoms with Crippen LogP contribution >= 0.6 is 31.9 Å². The van der Waals surface area contributed by atoms with Crippen LogP contribution in [0.15, 0.2) is 63.0 Å². The fourth-order valence-electron chi connectivity index (χ4n) is 2.21. The quantitative estimate of drug-likeness (QED) is 0.558. The first-order valence-corrected chi connectivity index (χ1v) is 8.47. The lowest BCUT2D eigenvalue weighted by molar-refractivity contribution is -0.122. The number of anilines is 1. The van der Waals surface area contributed by atoms with Crippen molar-refractivity contribution >= 4 is 61.5 Å². The fraction of sp³-hybridized carbons (Fsp3) is 0. The molecular weight excluding hydrogens is 440 g/mol. The smallest absolute Gasteiger partial charge is 0.273 e. The van der Waals surface area contributed by atoms with Gasteiger partial charge in [-0.3, -0.25) is 14.9 Å². The highest BCUT2D eigenvalue weighted by Crippen LogP contribution is 2.24. The molecule has 2 aromatic carbocycles. The van der Waals surface area contributed by atoms with Gasteiger partial charge in [0.05, 0.1) is 5.69 Å². The summed E-state index contributed by atoms with van der Waals surface area (Å²) in [4.78, 5) is 37.7. The van der Waals surface area contributed by atoms with Crippen molar-refractivity contribution in [2.75, 3.05) is 4.90 Å². The van der Waals surface area contributed by atoms with Gasteiger partial charge in [-0.1, -0.05) is 44.0 Å². The normalized spacial score (nSPS) is 16.5. The van der Waals surface area contributed by atoms with Gasteiger partial charge in [0.15, 0.2) is 0 Å². The lowest BCUT2D eigenvalue weighted by Crippen LogP contribution is -2.54. The van der Waals surface area contributed by atoms with E-state index >= 15 is 0 Å². The summed E-state index contributed by atoms with van der Waals surface area (Å²) < 4.78 is 1.70. The second-order valence-electron chi connectivity index (χ2n) is 4.99. The van der Waals surface area contributed by atoms with E-state index in [1.165, 1.54) is 6.08 Å². The molecule has 120 valence electrons. The number of rotatable bonds is 2. The molecule has 0 bridgehead atoms. The van der Waals surface area contributed by atoms with Crippen LogP contribution in [-0.4, -0.2) is 17.8 Å². The molecule has 3 rings (SSSR count). The highest BCUT2D eigenvalue weighted by atomic mass is 79.9. The van der Waals surface area contributed by atoms with Crippen molar-refractivity contribution in [3.8, 4) is 0 Å². The van der Waals surface area contributed by atoms with E-state index in [9.17, 15) is 14.4 Å². The summed E-state index contributed by atoms with van der Waals surface area (Å²) in [5.41, 5.74) is 0.969. The number of barbiturate groups is 1. The van der Waals surface area contributed by atoms with Crippen LogP contribution in [0.1, 0.15) is 5.56 Å². The summed E-state index contributed by atoms with van der Waals surface area (Å²) in [6.07, 6.45) is 1.46. The zero-order valence-electron chi connectivity index (χ0n) is 12.1. The van der Waals surface area contributed by atoms with Crippen LogP contribution in [0.2, 0.25) is 0 Å². The Kier molecular flexibility index (Phi) is 4.64. The van der Waals surface area contributed by atoms with Crippen LogP contribution in [-0.2, 0) is 9.59 Å². The van der Waals surface area contributed by atoms with Crippen LogP contribution in [0.4, 0.5) is 10.5 Å². The highest BCUT2D eigenvalue weighted by Gasteiger charge is 2.36. The van der Waals surface area contributed by atoms with Gasteiger partial charge in [0.2, 0.25) is 0 Å². The molecule has 0 spiro atoms. The molecular formula is C17H10Br2N2O3. The topological polar surface area (TPSA) is 66.5 Å². The number of amides is 4. The lowest BCUT2D eigenvalue weighted by Gasteiger charge is -2.26. The molecule has 0 saturated carbocycles. The maximum absolute atomic E-state index is 12.7. The Balaban J connectivity index is 1.99. The molecule has 1 aliphatic rings. The van der Waals surface area contributed by atoms with E-state index in [1.807, 2.05) is 0 Å². The summed E-state index contributed by atoms with van der Waals surface area (Å²) in [7, 11) is 0. The zero-order chi connectivity index (χ0) is 17.3. The van der Waals surface area contributed by atoms with E-state index < -0.39 is 17.8 Å². The SMILES string of the molecule is O=C1NC(=O)N(c2ccc(Br)cc2)C(=O)C1=Cc1ccc(Br)cc1. The summed E-state index contributed by atoms with van der Waals surface area (Å²) in [6, 6.07) is 13.0. The number of benzene rings is 2. The number of hydrogen-bond acceptors (Lipinski definition) is 3. The molecule has 1 N–H and O–H groups in total. The fourth-order valence-corrected chi connectivity index (χ4v) is 2.74. The van der Waals surface area contributed by atoms with Crippen LogP contribution in [0.3, 0.4) is 0 Å². The average molecular weight is 450 g/mol. The van der Waals surface area contributed by atoms with Gasteiger partial charge in [0.1, 0.15) is 5.57 Å². The minimum Gasteiger partial charge on any atom is -0.273 e. The van der Waals surface area contributed by atoms with Gasteiger partial charge in [0.25, 0.3) is 11.8 Å². The largest absolute Gasteiger partial charge is 0.335 e. The van der Waals surface area contributed by atoms with Crippen LogP contribution in [0, 0.1) is 0 Å². The number of imide groups is 2. The van der Waals surface area contributed by atoms with E-state index in [0.29, 0.717) is 11.3 Å².